The Morgan fingerprint density at radius 2 is 2.60 bits per heavy atom. The van der Waals surface area contributed by atoms with E-state index >= 15 is 0 Å². The lowest BCUT2D eigenvalue weighted by molar-refractivity contribution is -0.403. The molecule has 1 aliphatic rings. The molecule has 0 aromatic carbocycles. The molecule has 1 fully saturated rings. The van der Waals surface area contributed by atoms with E-state index in [2.05, 4.69) is 5.32 Å². The third kappa shape index (κ3) is 2.12. The highest BCUT2D eigenvalue weighted by molar-refractivity contribution is 4.84. The van der Waals surface area contributed by atoms with Gasteiger partial charge in [0, 0.05) is 12.6 Å². The fourth-order valence-corrected chi connectivity index (χ4v) is 0.666. The van der Waals surface area contributed by atoms with Crippen molar-refractivity contribution in [2.24, 2.45) is 0 Å². The highest BCUT2D eigenvalue weighted by Gasteiger charge is 2.12. The first-order chi connectivity index (χ1) is 4.79. The Balaban J connectivity index is 2.29. The predicted octanol–water partition coefficient (Wildman–Crippen LogP) is -0.263. The van der Waals surface area contributed by atoms with Gasteiger partial charge in [0.2, 0.25) is 6.20 Å². The normalized spacial score (nSPS) is 25.8. The van der Waals surface area contributed by atoms with Crippen molar-refractivity contribution < 1.29 is 9.66 Å². The molecule has 0 aromatic rings. The molecule has 0 N–H and O–H groups in total. The Bertz CT molecular complexity index is 151. The van der Waals surface area contributed by atoms with Gasteiger partial charge >= 0.3 is 0 Å². The van der Waals surface area contributed by atoms with Crippen LogP contribution in [0.2, 0.25) is 0 Å². The number of hydrogen-bond donors (Lipinski definition) is 0. The molecule has 55 valence electrons. The van der Waals surface area contributed by atoms with E-state index in [1.165, 1.54) is 6.08 Å². The van der Waals surface area contributed by atoms with Crippen LogP contribution in [0, 0.1) is 10.1 Å². The Morgan fingerprint density at radius 1 is 1.80 bits per heavy atom. The number of hydrogen-bond acceptors (Lipinski definition) is 3. The van der Waals surface area contributed by atoms with Crippen LogP contribution >= 0.6 is 0 Å². The summed E-state index contributed by atoms with van der Waals surface area (Å²) in [5.74, 6) is 0. The lowest BCUT2D eigenvalue weighted by Crippen LogP contribution is -2.12. The van der Waals surface area contributed by atoms with Gasteiger partial charge < -0.3 is 4.74 Å². The molecule has 0 aromatic heterocycles. The second-order valence-corrected chi connectivity index (χ2v) is 1.79. The Labute approximate surface area is 57.8 Å². The summed E-state index contributed by atoms with van der Waals surface area (Å²) < 4.78 is 4.95. The van der Waals surface area contributed by atoms with Crippen molar-refractivity contribution in [2.45, 2.75) is 6.23 Å². The van der Waals surface area contributed by atoms with E-state index in [1.807, 2.05) is 0 Å². The average molecular weight is 143 g/mol. The molecule has 0 aliphatic carbocycles. The van der Waals surface area contributed by atoms with Crippen LogP contribution in [0.3, 0.4) is 0 Å². The highest BCUT2D eigenvalue weighted by atomic mass is 16.6. The van der Waals surface area contributed by atoms with Crippen LogP contribution < -0.4 is 5.32 Å². The van der Waals surface area contributed by atoms with Gasteiger partial charge in [0.1, 0.15) is 6.23 Å². The molecule has 0 spiro atoms. The van der Waals surface area contributed by atoms with Gasteiger partial charge in [0.25, 0.3) is 0 Å². The molecule has 5 heteroatoms. The van der Waals surface area contributed by atoms with Gasteiger partial charge in [-0.2, -0.15) is 0 Å². The smallest absolute Gasteiger partial charge is 0.234 e. The molecule has 1 unspecified atom stereocenters. The quantitative estimate of drug-likeness (QED) is 0.395. The van der Waals surface area contributed by atoms with Gasteiger partial charge in [-0.05, 0) is 0 Å². The number of rotatable bonds is 2. The number of nitrogens with zero attached hydrogens (tertiary/aromatic N) is 2. The van der Waals surface area contributed by atoms with Crippen LogP contribution in [0.5, 0.6) is 0 Å². The van der Waals surface area contributed by atoms with Gasteiger partial charge in [0.15, 0.2) is 0 Å². The summed E-state index contributed by atoms with van der Waals surface area (Å²) in [5, 5.41) is 13.7. The van der Waals surface area contributed by atoms with Gasteiger partial charge in [-0.15, -0.1) is 0 Å². The van der Waals surface area contributed by atoms with Gasteiger partial charge in [-0.3, -0.25) is 10.1 Å². The molecule has 0 bridgehead atoms. The van der Waals surface area contributed by atoms with Crippen LogP contribution in [0.1, 0.15) is 0 Å². The standard InChI is InChI=1S/C5H7N2O3/c8-7(9)3-1-5-6-2-4-10-5/h1,3,5H,2,4H2/b3-1+. The second kappa shape index (κ2) is 3.28. The number of ether oxygens (including phenoxy) is 1. The second-order valence-electron chi connectivity index (χ2n) is 1.79. The van der Waals surface area contributed by atoms with Gasteiger partial charge in [-0.25, -0.2) is 5.32 Å². The van der Waals surface area contributed by atoms with E-state index < -0.39 is 11.2 Å². The minimum Gasteiger partial charge on any atom is -0.357 e. The lowest BCUT2D eigenvalue weighted by atomic mass is 10.5. The topological polar surface area (TPSA) is 66.5 Å². The molecule has 1 heterocycles. The lowest BCUT2D eigenvalue weighted by Gasteiger charge is -1.96. The molecule has 1 aliphatic heterocycles. The highest BCUT2D eigenvalue weighted by Crippen LogP contribution is 1.98. The summed E-state index contributed by atoms with van der Waals surface area (Å²) in [4.78, 5) is 9.25. The number of nitro groups is 1. The maximum absolute atomic E-state index is 9.78. The summed E-state index contributed by atoms with van der Waals surface area (Å²) >= 11 is 0. The summed E-state index contributed by atoms with van der Waals surface area (Å²) in [6.45, 7) is 1.19. The molecule has 5 nitrogen and oxygen atoms in total. The average Bonchev–Trinajstić information content (AvgIpc) is 2.34. The van der Waals surface area contributed by atoms with E-state index in [4.69, 9.17) is 4.74 Å². The molecule has 10 heavy (non-hydrogen) atoms. The maximum atomic E-state index is 9.78. The molecular weight excluding hydrogens is 136 g/mol. The van der Waals surface area contributed by atoms with Crippen molar-refractivity contribution >= 4 is 0 Å². The van der Waals surface area contributed by atoms with Crippen LogP contribution in [0.15, 0.2) is 12.3 Å². The van der Waals surface area contributed by atoms with Crippen LogP contribution in [0.25, 0.3) is 0 Å². The van der Waals surface area contributed by atoms with Gasteiger partial charge in [0.05, 0.1) is 11.5 Å². The predicted molar refractivity (Wildman–Crippen MR) is 32.9 cm³/mol. The Kier molecular flexibility index (Phi) is 2.35. The first kappa shape index (κ1) is 7.17. The van der Waals surface area contributed by atoms with E-state index in [1.54, 1.807) is 0 Å². The third-order valence-electron chi connectivity index (χ3n) is 1.06. The SMILES string of the molecule is O=[N+]([O-])/C=C/C1[N]CCO1. The first-order valence-electron chi connectivity index (χ1n) is 2.89. The monoisotopic (exact) mass is 143 g/mol. The van der Waals surface area contributed by atoms with Crippen molar-refractivity contribution in [3.8, 4) is 0 Å². The summed E-state index contributed by atoms with van der Waals surface area (Å²) in [6, 6.07) is 0. The fourth-order valence-electron chi connectivity index (χ4n) is 0.666. The molecule has 1 radical (unpaired) electrons. The van der Waals surface area contributed by atoms with Crippen LogP contribution in [-0.2, 0) is 4.74 Å². The largest absolute Gasteiger partial charge is 0.357 e. The molecular formula is C5H7N2O3. The molecule has 0 saturated carbocycles. The third-order valence-corrected chi connectivity index (χ3v) is 1.06. The summed E-state index contributed by atoms with van der Waals surface area (Å²) in [6.07, 6.45) is 1.78. The van der Waals surface area contributed by atoms with E-state index in [0.717, 1.165) is 6.20 Å². The van der Waals surface area contributed by atoms with Crippen LogP contribution in [-0.4, -0.2) is 24.3 Å². The van der Waals surface area contributed by atoms with Gasteiger partial charge in [-0.1, -0.05) is 0 Å². The Hall–Kier alpha value is -0.940. The minimum atomic E-state index is -0.531. The van der Waals surface area contributed by atoms with Crippen molar-refractivity contribution in [1.82, 2.24) is 5.32 Å². The van der Waals surface area contributed by atoms with Crippen molar-refractivity contribution in [1.29, 1.82) is 0 Å². The molecule has 1 atom stereocenters. The van der Waals surface area contributed by atoms with Crippen molar-refractivity contribution in [2.75, 3.05) is 13.2 Å². The van der Waals surface area contributed by atoms with Crippen LogP contribution in [0.4, 0.5) is 0 Å². The molecule has 1 saturated heterocycles. The maximum Gasteiger partial charge on any atom is 0.234 e. The van der Waals surface area contributed by atoms with E-state index in [0.29, 0.717) is 13.2 Å². The summed E-state index contributed by atoms with van der Waals surface area (Å²) in [7, 11) is 0. The molecule has 0 amide bonds. The zero-order valence-corrected chi connectivity index (χ0v) is 5.27. The molecule has 1 rings (SSSR count). The minimum absolute atomic E-state index is 0.398. The van der Waals surface area contributed by atoms with E-state index in [-0.39, 0.29) is 0 Å². The zero-order valence-electron chi connectivity index (χ0n) is 5.27. The first-order valence-corrected chi connectivity index (χ1v) is 2.89. The van der Waals surface area contributed by atoms with Crippen molar-refractivity contribution in [3.63, 3.8) is 0 Å². The fraction of sp³-hybridized carbons (Fsp3) is 0.600. The zero-order chi connectivity index (χ0) is 7.40. The Morgan fingerprint density at radius 3 is 3.10 bits per heavy atom. The van der Waals surface area contributed by atoms with Crippen molar-refractivity contribution in [3.05, 3.63) is 22.4 Å². The van der Waals surface area contributed by atoms with E-state index in [9.17, 15) is 10.1 Å². The summed E-state index contributed by atoms with van der Waals surface area (Å²) in [5.41, 5.74) is 0.